The zero-order valence-corrected chi connectivity index (χ0v) is 11.8. The summed E-state index contributed by atoms with van der Waals surface area (Å²) in [7, 11) is 0. The first-order chi connectivity index (χ1) is 9.65. The van der Waals surface area contributed by atoms with Crippen molar-refractivity contribution < 1.29 is 0 Å². The number of aryl methyl sites for hydroxylation is 2. The van der Waals surface area contributed by atoms with Crippen molar-refractivity contribution in [3.8, 4) is 0 Å². The van der Waals surface area contributed by atoms with Gasteiger partial charge in [0.15, 0.2) is 5.65 Å². The molecule has 0 amide bonds. The molecule has 20 heavy (non-hydrogen) atoms. The van der Waals surface area contributed by atoms with Crippen LogP contribution in [0.25, 0.3) is 5.65 Å². The lowest BCUT2D eigenvalue weighted by Crippen LogP contribution is -2.10. The fourth-order valence-electron chi connectivity index (χ4n) is 2.06. The molecule has 3 aromatic rings. The van der Waals surface area contributed by atoms with Crippen LogP contribution in [-0.2, 0) is 6.54 Å². The standard InChI is InChI=1S/C14H16N6/c1-9-10(2)18-14(19-11(9)3)15-7-12-5-4-6-13-16-8-17-20(12)13/h4-6,8H,7H2,1-3H3,(H,15,18,19). The largest absolute Gasteiger partial charge is 0.349 e. The summed E-state index contributed by atoms with van der Waals surface area (Å²) in [6.07, 6.45) is 1.55. The number of rotatable bonds is 3. The van der Waals surface area contributed by atoms with Crippen LogP contribution < -0.4 is 5.32 Å². The highest BCUT2D eigenvalue weighted by Crippen LogP contribution is 2.12. The number of pyridine rings is 1. The van der Waals surface area contributed by atoms with Gasteiger partial charge in [-0.2, -0.15) is 5.10 Å². The molecule has 0 aromatic carbocycles. The van der Waals surface area contributed by atoms with Crippen LogP contribution in [0.4, 0.5) is 5.95 Å². The Bertz CT molecular complexity index is 738. The van der Waals surface area contributed by atoms with Crippen molar-refractivity contribution in [2.24, 2.45) is 0 Å². The second-order valence-electron chi connectivity index (χ2n) is 4.74. The molecule has 0 aliphatic heterocycles. The molecule has 6 nitrogen and oxygen atoms in total. The zero-order chi connectivity index (χ0) is 14.1. The summed E-state index contributed by atoms with van der Waals surface area (Å²) >= 11 is 0. The minimum absolute atomic E-state index is 0.600. The number of hydrogen-bond acceptors (Lipinski definition) is 5. The average Bonchev–Trinajstić information content (AvgIpc) is 2.91. The lowest BCUT2D eigenvalue weighted by molar-refractivity contribution is 0.859. The molecule has 3 aromatic heterocycles. The Hall–Kier alpha value is -2.50. The molecule has 6 heteroatoms. The summed E-state index contributed by atoms with van der Waals surface area (Å²) in [5.74, 6) is 0.641. The first-order valence-corrected chi connectivity index (χ1v) is 6.48. The predicted octanol–water partition coefficient (Wildman–Crippen LogP) is 2.06. The van der Waals surface area contributed by atoms with Gasteiger partial charge in [-0.1, -0.05) is 6.07 Å². The summed E-state index contributed by atoms with van der Waals surface area (Å²) < 4.78 is 1.81. The molecule has 0 aliphatic carbocycles. The highest BCUT2D eigenvalue weighted by molar-refractivity contribution is 5.39. The molecule has 0 saturated carbocycles. The van der Waals surface area contributed by atoms with Crippen LogP contribution in [0.2, 0.25) is 0 Å². The van der Waals surface area contributed by atoms with E-state index in [1.165, 1.54) is 0 Å². The topological polar surface area (TPSA) is 68.0 Å². The molecule has 3 heterocycles. The molecule has 0 saturated heterocycles. The summed E-state index contributed by atoms with van der Waals surface area (Å²) in [5.41, 5.74) is 4.98. The van der Waals surface area contributed by atoms with E-state index in [0.29, 0.717) is 12.5 Å². The molecule has 3 rings (SSSR count). The van der Waals surface area contributed by atoms with Crippen molar-refractivity contribution >= 4 is 11.6 Å². The minimum Gasteiger partial charge on any atom is -0.349 e. The van der Waals surface area contributed by atoms with Gasteiger partial charge in [-0.3, -0.25) is 0 Å². The maximum atomic E-state index is 4.45. The SMILES string of the molecule is Cc1nc(NCc2cccc3ncnn23)nc(C)c1C. The lowest BCUT2D eigenvalue weighted by Gasteiger charge is -2.09. The van der Waals surface area contributed by atoms with Gasteiger partial charge in [-0.15, -0.1) is 0 Å². The molecule has 0 aliphatic rings. The van der Waals surface area contributed by atoms with Gasteiger partial charge in [0.25, 0.3) is 0 Å². The van der Waals surface area contributed by atoms with E-state index < -0.39 is 0 Å². The predicted molar refractivity (Wildman–Crippen MR) is 76.6 cm³/mol. The monoisotopic (exact) mass is 268 g/mol. The smallest absolute Gasteiger partial charge is 0.223 e. The van der Waals surface area contributed by atoms with Crippen LogP contribution in [0.5, 0.6) is 0 Å². The van der Waals surface area contributed by atoms with Gasteiger partial charge < -0.3 is 5.32 Å². The van der Waals surface area contributed by atoms with Crippen molar-refractivity contribution in [3.05, 3.63) is 47.2 Å². The van der Waals surface area contributed by atoms with Crippen LogP contribution >= 0.6 is 0 Å². The summed E-state index contributed by atoms with van der Waals surface area (Å²) in [6, 6.07) is 5.89. The number of nitrogens with one attached hydrogen (secondary N) is 1. The Kier molecular flexibility index (Phi) is 3.06. The third kappa shape index (κ3) is 2.20. The molecular formula is C14H16N6. The van der Waals surface area contributed by atoms with Crippen molar-refractivity contribution in [3.63, 3.8) is 0 Å². The molecular weight excluding hydrogens is 252 g/mol. The number of aromatic nitrogens is 5. The molecule has 0 bridgehead atoms. The highest BCUT2D eigenvalue weighted by atomic mass is 15.3. The van der Waals surface area contributed by atoms with Gasteiger partial charge >= 0.3 is 0 Å². The number of nitrogens with zero attached hydrogens (tertiary/aromatic N) is 5. The van der Waals surface area contributed by atoms with Crippen LogP contribution in [0.1, 0.15) is 22.6 Å². The Morgan fingerprint density at radius 1 is 1.10 bits per heavy atom. The quantitative estimate of drug-likeness (QED) is 0.787. The molecule has 102 valence electrons. The van der Waals surface area contributed by atoms with Gasteiger partial charge in [0.2, 0.25) is 5.95 Å². The van der Waals surface area contributed by atoms with Crippen LogP contribution in [-0.4, -0.2) is 24.6 Å². The van der Waals surface area contributed by atoms with E-state index in [1.54, 1.807) is 10.8 Å². The van der Waals surface area contributed by atoms with E-state index in [9.17, 15) is 0 Å². The zero-order valence-electron chi connectivity index (χ0n) is 11.8. The van der Waals surface area contributed by atoms with E-state index in [2.05, 4.69) is 25.4 Å². The van der Waals surface area contributed by atoms with Crippen molar-refractivity contribution in [2.45, 2.75) is 27.3 Å². The van der Waals surface area contributed by atoms with Crippen LogP contribution in [0, 0.1) is 20.8 Å². The van der Waals surface area contributed by atoms with E-state index in [-0.39, 0.29) is 0 Å². The van der Waals surface area contributed by atoms with Crippen molar-refractivity contribution in [2.75, 3.05) is 5.32 Å². The van der Waals surface area contributed by atoms with Gasteiger partial charge in [-0.05, 0) is 38.5 Å². The van der Waals surface area contributed by atoms with E-state index in [0.717, 1.165) is 28.3 Å². The third-order valence-electron chi connectivity index (χ3n) is 3.44. The van der Waals surface area contributed by atoms with Gasteiger partial charge in [0, 0.05) is 11.4 Å². The molecule has 0 atom stereocenters. The lowest BCUT2D eigenvalue weighted by atomic mass is 10.2. The van der Waals surface area contributed by atoms with E-state index in [4.69, 9.17) is 0 Å². The van der Waals surface area contributed by atoms with E-state index >= 15 is 0 Å². The molecule has 0 unspecified atom stereocenters. The normalized spacial score (nSPS) is 10.9. The van der Waals surface area contributed by atoms with Gasteiger partial charge in [0.05, 0.1) is 12.2 Å². The summed E-state index contributed by atoms with van der Waals surface area (Å²) in [5, 5.41) is 7.45. The fourth-order valence-corrected chi connectivity index (χ4v) is 2.06. The van der Waals surface area contributed by atoms with Crippen LogP contribution in [0.15, 0.2) is 24.5 Å². The Morgan fingerprint density at radius 3 is 2.60 bits per heavy atom. The third-order valence-corrected chi connectivity index (χ3v) is 3.44. The van der Waals surface area contributed by atoms with Crippen molar-refractivity contribution in [1.29, 1.82) is 0 Å². The Morgan fingerprint density at radius 2 is 1.85 bits per heavy atom. The fraction of sp³-hybridized carbons (Fsp3) is 0.286. The maximum Gasteiger partial charge on any atom is 0.223 e. The number of anilines is 1. The number of hydrogen-bond donors (Lipinski definition) is 1. The molecule has 0 radical (unpaired) electrons. The molecule has 1 N–H and O–H groups in total. The van der Waals surface area contributed by atoms with Crippen LogP contribution in [0.3, 0.4) is 0 Å². The first kappa shape index (κ1) is 12.5. The van der Waals surface area contributed by atoms with Gasteiger partial charge in [-0.25, -0.2) is 19.5 Å². The minimum atomic E-state index is 0.600. The summed E-state index contributed by atoms with van der Waals surface area (Å²) in [6.45, 7) is 6.62. The molecule has 0 spiro atoms. The second-order valence-corrected chi connectivity index (χ2v) is 4.74. The van der Waals surface area contributed by atoms with Gasteiger partial charge in [0.1, 0.15) is 6.33 Å². The maximum absolute atomic E-state index is 4.45. The first-order valence-electron chi connectivity index (χ1n) is 6.48. The average molecular weight is 268 g/mol. The molecule has 0 fully saturated rings. The summed E-state index contributed by atoms with van der Waals surface area (Å²) in [4.78, 5) is 13.1. The van der Waals surface area contributed by atoms with Crippen molar-refractivity contribution in [1.82, 2.24) is 24.6 Å². The Labute approximate surface area is 116 Å². The Balaban J connectivity index is 1.85. The highest BCUT2D eigenvalue weighted by Gasteiger charge is 2.06. The van der Waals surface area contributed by atoms with E-state index in [1.807, 2.05) is 39.0 Å². The number of fused-ring (bicyclic) bond motifs is 1. The second kappa shape index (κ2) is 4.88.